The van der Waals surface area contributed by atoms with Crippen molar-refractivity contribution in [1.82, 2.24) is 0 Å². The molecule has 3 unspecified atom stereocenters. The molecule has 0 saturated carbocycles. The van der Waals surface area contributed by atoms with Gasteiger partial charge in [0.2, 0.25) is 0 Å². The summed E-state index contributed by atoms with van der Waals surface area (Å²) in [6.07, 6.45) is 8.87. The maximum absolute atomic E-state index is 10.2. The van der Waals surface area contributed by atoms with Crippen molar-refractivity contribution >= 4 is 0 Å². The summed E-state index contributed by atoms with van der Waals surface area (Å²) in [6.45, 7) is 6.70. The van der Waals surface area contributed by atoms with Crippen molar-refractivity contribution in [3.05, 3.63) is 23.8 Å². The van der Waals surface area contributed by atoms with Crippen LogP contribution in [0, 0.1) is 23.7 Å². The van der Waals surface area contributed by atoms with E-state index in [2.05, 4.69) is 39.0 Å². The maximum atomic E-state index is 10.2. The lowest BCUT2D eigenvalue weighted by Gasteiger charge is -2.41. The van der Waals surface area contributed by atoms with E-state index < -0.39 is 0 Å². The fourth-order valence-corrected chi connectivity index (χ4v) is 3.31. The van der Waals surface area contributed by atoms with Crippen LogP contribution in [0.2, 0.25) is 0 Å². The highest BCUT2D eigenvalue weighted by molar-refractivity contribution is 5.31. The van der Waals surface area contributed by atoms with Gasteiger partial charge in [0.25, 0.3) is 0 Å². The summed E-state index contributed by atoms with van der Waals surface area (Å²) in [5, 5.41) is 10.2. The second kappa shape index (κ2) is 4.13. The Bertz CT molecular complexity index is 290. The minimum Gasteiger partial charge on any atom is -0.392 e. The van der Waals surface area contributed by atoms with Gasteiger partial charge in [0.05, 0.1) is 6.10 Å². The topological polar surface area (TPSA) is 20.2 Å². The maximum Gasteiger partial charge on any atom is 0.0617 e. The monoisotopic (exact) mass is 206 g/mol. The second-order valence-corrected chi connectivity index (χ2v) is 5.26. The van der Waals surface area contributed by atoms with Crippen molar-refractivity contribution < 1.29 is 5.11 Å². The largest absolute Gasteiger partial charge is 0.392 e. The Kier molecular flexibility index (Phi) is 3.01. The third kappa shape index (κ3) is 1.90. The van der Waals surface area contributed by atoms with Crippen LogP contribution in [0.15, 0.2) is 23.8 Å². The highest BCUT2D eigenvalue weighted by atomic mass is 16.3. The zero-order valence-corrected chi connectivity index (χ0v) is 9.98. The first-order chi connectivity index (χ1) is 7.13. The van der Waals surface area contributed by atoms with Gasteiger partial charge in [-0.2, -0.15) is 0 Å². The first-order valence-corrected chi connectivity index (χ1v) is 6.21. The summed E-state index contributed by atoms with van der Waals surface area (Å²) in [7, 11) is 0. The molecule has 1 heteroatoms. The van der Waals surface area contributed by atoms with Gasteiger partial charge in [-0.3, -0.25) is 0 Å². The molecule has 2 rings (SSSR count). The lowest BCUT2D eigenvalue weighted by Crippen LogP contribution is -2.37. The zero-order valence-electron chi connectivity index (χ0n) is 9.98. The Labute approximate surface area is 92.9 Å². The lowest BCUT2D eigenvalue weighted by atomic mass is 9.66. The molecule has 0 aromatic carbocycles. The summed E-state index contributed by atoms with van der Waals surface area (Å²) in [5.74, 6) is 2.16. The first kappa shape index (κ1) is 10.9. The molecule has 2 aliphatic carbocycles. The van der Waals surface area contributed by atoms with E-state index in [1.807, 2.05) is 0 Å². The molecule has 15 heavy (non-hydrogen) atoms. The quantitative estimate of drug-likeness (QED) is 0.698. The van der Waals surface area contributed by atoms with Gasteiger partial charge >= 0.3 is 0 Å². The molecule has 0 aliphatic heterocycles. The Morgan fingerprint density at radius 2 is 2.13 bits per heavy atom. The number of rotatable bonds is 1. The molecule has 84 valence electrons. The average Bonchev–Trinajstić information content (AvgIpc) is 2.18. The molecule has 5 atom stereocenters. The smallest absolute Gasteiger partial charge is 0.0617 e. The van der Waals surface area contributed by atoms with Gasteiger partial charge in [-0.25, -0.2) is 0 Å². The van der Waals surface area contributed by atoms with E-state index in [0.29, 0.717) is 23.7 Å². The third-order valence-electron chi connectivity index (χ3n) is 4.09. The van der Waals surface area contributed by atoms with Crippen molar-refractivity contribution in [2.75, 3.05) is 0 Å². The number of hydrogen-bond donors (Lipinski definition) is 1. The van der Waals surface area contributed by atoms with Crippen molar-refractivity contribution in [2.24, 2.45) is 23.7 Å². The number of aliphatic hydroxyl groups excluding tert-OH is 1. The van der Waals surface area contributed by atoms with Gasteiger partial charge < -0.3 is 5.11 Å². The Morgan fingerprint density at radius 1 is 1.40 bits per heavy atom. The Morgan fingerprint density at radius 3 is 2.80 bits per heavy atom. The minimum atomic E-state index is -0.127. The van der Waals surface area contributed by atoms with E-state index in [9.17, 15) is 5.11 Å². The van der Waals surface area contributed by atoms with Gasteiger partial charge in [-0.1, -0.05) is 45.4 Å². The molecule has 0 aromatic rings. The van der Waals surface area contributed by atoms with Crippen LogP contribution in [-0.2, 0) is 0 Å². The molecular formula is C14H22O. The highest BCUT2D eigenvalue weighted by Gasteiger charge is 2.37. The summed E-state index contributed by atoms with van der Waals surface area (Å²) in [5.41, 5.74) is 1.38. The lowest BCUT2D eigenvalue weighted by molar-refractivity contribution is 0.0550. The molecule has 0 saturated heterocycles. The molecule has 0 aromatic heterocycles. The van der Waals surface area contributed by atoms with Crippen molar-refractivity contribution in [3.63, 3.8) is 0 Å². The zero-order chi connectivity index (χ0) is 11.0. The van der Waals surface area contributed by atoms with Crippen LogP contribution in [-0.4, -0.2) is 11.2 Å². The summed E-state index contributed by atoms with van der Waals surface area (Å²) in [4.78, 5) is 0. The fourth-order valence-electron chi connectivity index (χ4n) is 3.31. The van der Waals surface area contributed by atoms with E-state index in [1.54, 1.807) is 0 Å². The average molecular weight is 206 g/mol. The molecule has 1 nitrogen and oxygen atoms in total. The van der Waals surface area contributed by atoms with Crippen LogP contribution in [0.5, 0.6) is 0 Å². The molecule has 0 amide bonds. The van der Waals surface area contributed by atoms with E-state index in [4.69, 9.17) is 0 Å². The van der Waals surface area contributed by atoms with E-state index in [0.717, 1.165) is 6.42 Å². The van der Waals surface area contributed by atoms with Gasteiger partial charge in [0.1, 0.15) is 0 Å². The Hall–Kier alpha value is -0.560. The molecule has 0 spiro atoms. The first-order valence-electron chi connectivity index (χ1n) is 6.21. The third-order valence-corrected chi connectivity index (χ3v) is 4.09. The molecule has 0 radical (unpaired) electrons. The molecule has 0 heterocycles. The van der Waals surface area contributed by atoms with Crippen molar-refractivity contribution in [3.8, 4) is 0 Å². The number of fused-ring (bicyclic) bond motifs is 1. The van der Waals surface area contributed by atoms with Gasteiger partial charge in [0.15, 0.2) is 0 Å². The second-order valence-electron chi connectivity index (χ2n) is 5.26. The fraction of sp³-hybridized carbons (Fsp3) is 0.714. The van der Waals surface area contributed by atoms with E-state index >= 15 is 0 Å². The summed E-state index contributed by atoms with van der Waals surface area (Å²) >= 11 is 0. The SMILES string of the molecule is CC[C@@H]1C2C(=CC(C)CC2O)C=C[C@@H]1C. The van der Waals surface area contributed by atoms with Crippen LogP contribution < -0.4 is 0 Å². The number of aliphatic hydroxyl groups is 1. The molecule has 2 aliphatic rings. The summed E-state index contributed by atoms with van der Waals surface area (Å²) < 4.78 is 0. The van der Waals surface area contributed by atoms with E-state index in [-0.39, 0.29) is 6.10 Å². The highest BCUT2D eigenvalue weighted by Crippen LogP contribution is 2.42. The van der Waals surface area contributed by atoms with Gasteiger partial charge in [0, 0.05) is 5.92 Å². The van der Waals surface area contributed by atoms with Crippen LogP contribution in [0.3, 0.4) is 0 Å². The molecule has 0 bridgehead atoms. The van der Waals surface area contributed by atoms with Crippen LogP contribution in [0.1, 0.15) is 33.6 Å². The van der Waals surface area contributed by atoms with Crippen LogP contribution in [0.25, 0.3) is 0 Å². The van der Waals surface area contributed by atoms with Crippen LogP contribution >= 0.6 is 0 Å². The van der Waals surface area contributed by atoms with Crippen molar-refractivity contribution in [1.29, 1.82) is 0 Å². The predicted molar refractivity (Wildman–Crippen MR) is 63.4 cm³/mol. The number of hydrogen-bond acceptors (Lipinski definition) is 1. The predicted octanol–water partition coefficient (Wildman–Crippen LogP) is 3.16. The normalized spacial score (nSPS) is 44.8. The Balaban J connectivity index is 2.33. The summed E-state index contributed by atoms with van der Waals surface area (Å²) in [6, 6.07) is 0. The molecule has 1 N–H and O–H groups in total. The molecule has 0 fully saturated rings. The van der Waals surface area contributed by atoms with Crippen molar-refractivity contribution in [2.45, 2.75) is 39.7 Å². The van der Waals surface area contributed by atoms with Gasteiger partial charge in [-0.05, 0) is 29.7 Å². The van der Waals surface area contributed by atoms with Crippen LogP contribution in [0.4, 0.5) is 0 Å². The minimum absolute atomic E-state index is 0.127. The molecular weight excluding hydrogens is 184 g/mol. The standard InChI is InChI=1S/C14H22O/c1-4-12-10(3)5-6-11-7-9(2)8-13(15)14(11)12/h5-7,9-10,12-15H,4,8H2,1-3H3/t9?,10-,12-,13?,14?/m0/s1. The number of allylic oxidation sites excluding steroid dienone is 3. The van der Waals surface area contributed by atoms with E-state index in [1.165, 1.54) is 12.0 Å². The van der Waals surface area contributed by atoms with Gasteiger partial charge in [-0.15, -0.1) is 0 Å².